The van der Waals surface area contributed by atoms with Gasteiger partial charge in [-0.1, -0.05) is 0 Å². The topological polar surface area (TPSA) is 89.2 Å². The lowest BCUT2D eigenvalue weighted by atomic mass is 10.2. The Labute approximate surface area is 152 Å². The van der Waals surface area contributed by atoms with Crippen molar-refractivity contribution in [2.24, 2.45) is 14.1 Å². The zero-order chi connectivity index (χ0) is 20.4. The maximum absolute atomic E-state index is 12.2. The Morgan fingerprint density at radius 1 is 1.26 bits per heavy atom. The molecule has 148 valence electrons. The van der Waals surface area contributed by atoms with Gasteiger partial charge in [0.1, 0.15) is 5.65 Å². The number of amides is 1. The van der Waals surface area contributed by atoms with Crippen LogP contribution in [0.5, 0.6) is 0 Å². The van der Waals surface area contributed by atoms with Gasteiger partial charge >= 0.3 is 11.9 Å². The second kappa shape index (κ2) is 7.91. The molecule has 0 aliphatic carbocycles. The Bertz CT molecular complexity index is 965. The number of aryl methyl sites for hydroxylation is 1. The molecule has 8 nitrogen and oxygen atoms in total. The fourth-order valence-corrected chi connectivity index (χ4v) is 2.63. The zero-order valence-corrected chi connectivity index (χ0v) is 15.1. The van der Waals surface area contributed by atoms with Crippen LogP contribution < -0.4 is 16.6 Å². The number of halogens is 3. The van der Waals surface area contributed by atoms with Gasteiger partial charge < -0.3 is 5.32 Å². The third kappa shape index (κ3) is 4.94. The fourth-order valence-electron chi connectivity index (χ4n) is 2.63. The zero-order valence-electron chi connectivity index (χ0n) is 15.1. The minimum absolute atomic E-state index is 0.122. The lowest BCUT2D eigenvalue weighted by Gasteiger charge is -2.18. The molecule has 0 saturated carbocycles. The van der Waals surface area contributed by atoms with Crippen LogP contribution in [0.2, 0.25) is 0 Å². The van der Waals surface area contributed by atoms with Crippen LogP contribution in [0.4, 0.5) is 13.2 Å². The summed E-state index contributed by atoms with van der Waals surface area (Å²) in [4.78, 5) is 41.4. The van der Waals surface area contributed by atoms with Gasteiger partial charge in [-0.25, -0.2) is 9.78 Å². The number of hydrogen-bond acceptors (Lipinski definition) is 5. The highest BCUT2D eigenvalue weighted by Crippen LogP contribution is 2.15. The minimum Gasteiger partial charge on any atom is -0.352 e. The number of carbonyl (C=O) groups excluding carboxylic acids is 1. The quantitative estimate of drug-likeness (QED) is 0.718. The second-order valence-electron chi connectivity index (χ2n) is 6.26. The van der Waals surface area contributed by atoms with Crippen molar-refractivity contribution in [1.29, 1.82) is 0 Å². The molecule has 1 amide bonds. The Balaban J connectivity index is 2.04. The first kappa shape index (κ1) is 20.6. The molecule has 11 heteroatoms. The molecule has 0 saturated heterocycles. The Hall–Kier alpha value is -2.69. The Morgan fingerprint density at radius 3 is 2.56 bits per heavy atom. The summed E-state index contributed by atoms with van der Waals surface area (Å²) in [6.07, 6.45) is -2.69. The number of aromatic nitrogens is 3. The number of fused-ring (bicyclic) bond motifs is 1. The molecule has 2 aromatic heterocycles. The first-order chi connectivity index (χ1) is 12.5. The largest absolute Gasteiger partial charge is 0.401 e. The highest BCUT2D eigenvalue weighted by atomic mass is 19.4. The standard InChI is InChI=1S/C16H20F3N5O3/c1-22(9-16(17,18)19)6-4-5-20-13(25)10-7-11-12(21-8-10)23(2)15(27)24(3)14(11)26/h7-8H,4-6,9H2,1-3H3,(H,20,25). The van der Waals surface area contributed by atoms with Gasteiger partial charge in [0.2, 0.25) is 0 Å². The lowest BCUT2D eigenvalue weighted by Crippen LogP contribution is -2.37. The molecule has 2 heterocycles. The number of carbonyl (C=O) groups is 1. The second-order valence-corrected chi connectivity index (χ2v) is 6.26. The molecule has 0 atom stereocenters. The third-order valence-corrected chi connectivity index (χ3v) is 4.01. The molecule has 0 aromatic carbocycles. The van der Waals surface area contributed by atoms with Crippen molar-refractivity contribution in [1.82, 2.24) is 24.3 Å². The highest BCUT2D eigenvalue weighted by molar-refractivity contribution is 5.96. The average molecular weight is 387 g/mol. The van der Waals surface area contributed by atoms with Crippen LogP contribution in [-0.4, -0.2) is 57.8 Å². The monoisotopic (exact) mass is 387 g/mol. The van der Waals surface area contributed by atoms with E-state index >= 15 is 0 Å². The molecular weight excluding hydrogens is 367 g/mol. The summed E-state index contributed by atoms with van der Waals surface area (Å²) >= 11 is 0. The number of rotatable bonds is 6. The predicted molar refractivity (Wildman–Crippen MR) is 92.7 cm³/mol. The van der Waals surface area contributed by atoms with E-state index in [9.17, 15) is 27.6 Å². The van der Waals surface area contributed by atoms with Gasteiger partial charge in [0, 0.05) is 26.8 Å². The minimum atomic E-state index is -4.26. The van der Waals surface area contributed by atoms with E-state index in [0.717, 1.165) is 9.47 Å². The maximum Gasteiger partial charge on any atom is 0.401 e. The van der Waals surface area contributed by atoms with Crippen LogP contribution in [-0.2, 0) is 14.1 Å². The van der Waals surface area contributed by atoms with E-state index in [2.05, 4.69) is 10.3 Å². The summed E-state index contributed by atoms with van der Waals surface area (Å²) < 4.78 is 38.8. The van der Waals surface area contributed by atoms with Gasteiger partial charge in [-0.15, -0.1) is 0 Å². The third-order valence-electron chi connectivity index (χ3n) is 4.01. The summed E-state index contributed by atoms with van der Waals surface area (Å²) in [6.45, 7) is -0.680. The van der Waals surface area contributed by atoms with Crippen LogP contribution in [0.1, 0.15) is 16.8 Å². The average Bonchev–Trinajstić information content (AvgIpc) is 2.59. The Kier molecular flexibility index (Phi) is 6.04. The summed E-state index contributed by atoms with van der Waals surface area (Å²) in [6, 6.07) is 1.34. The van der Waals surface area contributed by atoms with Gasteiger partial charge in [-0.3, -0.25) is 23.6 Å². The van der Waals surface area contributed by atoms with E-state index < -0.39 is 29.9 Å². The molecule has 2 aromatic rings. The van der Waals surface area contributed by atoms with Crippen molar-refractivity contribution >= 4 is 16.9 Å². The first-order valence-corrected chi connectivity index (χ1v) is 8.10. The molecule has 0 fully saturated rings. The van der Waals surface area contributed by atoms with Crippen molar-refractivity contribution in [3.8, 4) is 0 Å². The normalized spacial score (nSPS) is 12.0. The van der Waals surface area contributed by atoms with Gasteiger partial charge in [0.25, 0.3) is 11.5 Å². The molecule has 1 N–H and O–H groups in total. The first-order valence-electron chi connectivity index (χ1n) is 8.10. The van der Waals surface area contributed by atoms with Crippen molar-refractivity contribution in [3.05, 3.63) is 38.7 Å². The molecule has 0 bridgehead atoms. The van der Waals surface area contributed by atoms with E-state index in [4.69, 9.17) is 0 Å². The van der Waals surface area contributed by atoms with Crippen molar-refractivity contribution < 1.29 is 18.0 Å². The molecule has 0 aliphatic heterocycles. The molecule has 0 aliphatic rings. The van der Waals surface area contributed by atoms with Crippen LogP contribution in [0.15, 0.2) is 21.9 Å². The predicted octanol–water partition coefficient (Wildman–Crippen LogP) is 0.246. The van der Waals surface area contributed by atoms with Crippen molar-refractivity contribution in [3.63, 3.8) is 0 Å². The van der Waals surface area contributed by atoms with Crippen molar-refractivity contribution in [2.75, 3.05) is 26.7 Å². The van der Waals surface area contributed by atoms with E-state index in [1.165, 1.54) is 38.0 Å². The molecule has 0 unspecified atom stereocenters. The van der Waals surface area contributed by atoms with Crippen LogP contribution in [0.25, 0.3) is 11.0 Å². The summed E-state index contributed by atoms with van der Waals surface area (Å²) in [5.41, 5.74) is -0.806. The highest BCUT2D eigenvalue weighted by Gasteiger charge is 2.28. The summed E-state index contributed by atoms with van der Waals surface area (Å²) in [5.74, 6) is -0.501. The summed E-state index contributed by atoms with van der Waals surface area (Å²) in [7, 11) is 4.14. The number of alkyl halides is 3. The smallest absolute Gasteiger partial charge is 0.352 e. The van der Waals surface area contributed by atoms with E-state index in [0.29, 0.717) is 6.42 Å². The number of hydrogen-bond donors (Lipinski definition) is 1. The van der Waals surface area contributed by atoms with Crippen LogP contribution in [0, 0.1) is 0 Å². The number of pyridine rings is 1. The molecule has 0 spiro atoms. The van der Waals surface area contributed by atoms with E-state index in [1.54, 1.807) is 0 Å². The number of nitrogens with zero attached hydrogens (tertiary/aromatic N) is 4. The fraction of sp³-hybridized carbons (Fsp3) is 0.500. The molecule has 27 heavy (non-hydrogen) atoms. The van der Waals surface area contributed by atoms with Crippen molar-refractivity contribution in [2.45, 2.75) is 12.6 Å². The molecular formula is C16H20F3N5O3. The van der Waals surface area contributed by atoms with Crippen LogP contribution in [0.3, 0.4) is 0 Å². The molecule has 0 radical (unpaired) electrons. The maximum atomic E-state index is 12.2. The van der Waals surface area contributed by atoms with Crippen LogP contribution >= 0.6 is 0 Å². The van der Waals surface area contributed by atoms with E-state index in [-0.39, 0.29) is 29.7 Å². The van der Waals surface area contributed by atoms with Gasteiger partial charge in [-0.05, 0) is 26.1 Å². The SMILES string of the molecule is CN(CCCNC(=O)c1cnc2c(c1)c(=O)n(C)c(=O)n2C)CC(F)(F)F. The van der Waals surface area contributed by atoms with Gasteiger partial charge in [0.05, 0.1) is 17.5 Å². The Morgan fingerprint density at radius 2 is 1.93 bits per heavy atom. The van der Waals surface area contributed by atoms with Gasteiger partial charge in [0.15, 0.2) is 0 Å². The lowest BCUT2D eigenvalue weighted by molar-refractivity contribution is -0.143. The van der Waals surface area contributed by atoms with E-state index in [1.807, 2.05) is 0 Å². The molecule has 2 rings (SSSR count). The van der Waals surface area contributed by atoms with Gasteiger partial charge in [-0.2, -0.15) is 13.2 Å². The number of nitrogens with one attached hydrogen (secondary N) is 1. The summed E-state index contributed by atoms with van der Waals surface area (Å²) in [5, 5.41) is 2.70.